The molecule has 0 heterocycles. The van der Waals surface area contributed by atoms with Crippen LogP contribution < -0.4 is 4.74 Å². The Morgan fingerprint density at radius 3 is 2.48 bits per heavy atom. The molecule has 4 heteroatoms. The van der Waals surface area contributed by atoms with Crippen molar-refractivity contribution in [3.63, 3.8) is 0 Å². The van der Waals surface area contributed by atoms with Gasteiger partial charge in [0.05, 0.1) is 18.7 Å². The van der Waals surface area contributed by atoms with Gasteiger partial charge in [-0.15, -0.1) is 0 Å². The zero-order chi connectivity index (χ0) is 15.2. The van der Waals surface area contributed by atoms with Gasteiger partial charge in [0.2, 0.25) is 0 Å². The number of hydrogen-bond acceptors (Lipinski definition) is 3. The normalized spacial score (nSPS) is 10.2. The number of halogens is 1. The van der Waals surface area contributed by atoms with E-state index in [9.17, 15) is 4.79 Å². The van der Waals surface area contributed by atoms with Crippen molar-refractivity contribution in [1.29, 1.82) is 0 Å². The largest absolute Gasteiger partial charge is 0.494 e. The van der Waals surface area contributed by atoms with E-state index >= 15 is 0 Å². The van der Waals surface area contributed by atoms with Gasteiger partial charge in [0.25, 0.3) is 0 Å². The van der Waals surface area contributed by atoms with E-state index in [-0.39, 0.29) is 0 Å². The topological polar surface area (TPSA) is 35.5 Å². The van der Waals surface area contributed by atoms with Gasteiger partial charge < -0.3 is 9.47 Å². The first-order chi connectivity index (χ1) is 10.2. The summed E-state index contributed by atoms with van der Waals surface area (Å²) < 4.78 is 10.4. The van der Waals surface area contributed by atoms with Crippen LogP contribution in [-0.4, -0.2) is 19.7 Å². The Kier molecular flexibility index (Phi) is 5.23. The number of carbonyl (C=O) groups excluding carboxylic acids is 1. The third-order valence-electron chi connectivity index (χ3n) is 3.01. The lowest BCUT2D eigenvalue weighted by molar-refractivity contribution is 0.0501. The molecule has 0 aliphatic heterocycles. The van der Waals surface area contributed by atoms with Crippen molar-refractivity contribution < 1.29 is 14.3 Å². The van der Waals surface area contributed by atoms with E-state index < -0.39 is 5.97 Å². The lowest BCUT2D eigenvalue weighted by Gasteiger charge is -2.12. The van der Waals surface area contributed by atoms with Crippen LogP contribution in [0.25, 0.3) is 11.1 Å². The lowest BCUT2D eigenvalue weighted by Crippen LogP contribution is -2.08. The smallest absolute Gasteiger partial charge is 0.341 e. The first-order valence-corrected chi connectivity index (χ1v) is 7.15. The van der Waals surface area contributed by atoms with Gasteiger partial charge in [-0.1, -0.05) is 48.9 Å². The van der Waals surface area contributed by atoms with Gasteiger partial charge in [-0.25, -0.2) is 4.79 Å². The summed E-state index contributed by atoms with van der Waals surface area (Å²) in [6.45, 7) is 2.31. The average Bonchev–Trinajstić information content (AvgIpc) is 2.52. The third-order valence-corrected chi connectivity index (χ3v) is 3.29. The molecule has 0 N–H and O–H groups in total. The van der Waals surface area contributed by atoms with Gasteiger partial charge in [0.1, 0.15) is 5.56 Å². The van der Waals surface area contributed by atoms with Crippen LogP contribution in [0, 0.1) is 0 Å². The molecule has 2 aromatic carbocycles. The Morgan fingerprint density at radius 2 is 1.86 bits per heavy atom. The molecule has 2 rings (SSSR count). The van der Waals surface area contributed by atoms with Crippen LogP contribution in [0.4, 0.5) is 0 Å². The first kappa shape index (κ1) is 15.4. The van der Waals surface area contributed by atoms with E-state index in [4.69, 9.17) is 21.1 Å². The maximum atomic E-state index is 12.2. The minimum absolute atomic E-state index is 0.345. The summed E-state index contributed by atoms with van der Waals surface area (Å²) in [5, 5.41) is 0.391. The summed E-state index contributed by atoms with van der Waals surface area (Å²) in [5.74, 6) is -0.0779. The zero-order valence-electron chi connectivity index (χ0n) is 12.1. The maximum Gasteiger partial charge on any atom is 0.341 e. The van der Waals surface area contributed by atoms with Crippen molar-refractivity contribution in [2.24, 2.45) is 0 Å². The zero-order valence-corrected chi connectivity index (χ0v) is 12.8. The lowest BCUT2D eigenvalue weighted by atomic mass is 10.0. The Morgan fingerprint density at radius 1 is 1.14 bits per heavy atom. The molecule has 0 amide bonds. The Hall–Kier alpha value is -2.00. The molecule has 0 bridgehead atoms. The van der Waals surface area contributed by atoms with Gasteiger partial charge in [0.15, 0.2) is 5.75 Å². The van der Waals surface area contributed by atoms with Crippen LogP contribution in [0.15, 0.2) is 42.5 Å². The summed E-state index contributed by atoms with van der Waals surface area (Å²) in [4.78, 5) is 12.2. The molecule has 0 saturated heterocycles. The standard InChI is InChI=1S/C17H17ClO3/c1-3-9-21-17(19)14-10-13(11-15(18)16(14)20-2)12-7-5-4-6-8-12/h4-8,10-11H,3,9H2,1-2H3. The molecule has 0 aliphatic rings. The second kappa shape index (κ2) is 7.14. The fourth-order valence-electron chi connectivity index (χ4n) is 2.02. The highest BCUT2D eigenvalue weighted by atomic mass is 35.5. The number of carbonyl (C=O) groups is 1. The van der Waals surface area contributed by atoms with Crippen molar-refractivity contribution >= 4 is 17.6 Å². The molecule has 0 saturated carbocycles. The Labute approximate surface area is 129 Å². The van der Waals surface area contributed by atoms with E-state index in [1.54, 1.807) is 12.1 Å². The molecule has 0 fully saturated rings. The summed E-state index contributed by atoms with van der Waals surface area (Å²) >= 11 is 6.23. The van der Waals surface area contributed by atoms with Crippen molar-refractivity contribution in [2.75, 3.05) is 13.7 Å². The molecule has 21 heavy (non-hydrogen) atoms. The van der Waals surface area contributed by atoms with Crippen LogP contribution >= 0.6 is 11.6 Å². The van der Waals surface area contributed by atoms with Gasteiger partial charge in [-0.3, -0.25) is 0 Å². The maximum absolute atomic E-state index is 12.2. The minimum Gasteiger partial charge on any atom is -0.494 e. The van der Waals surface area contributed by atoms with E-state index in [1.807, 2.05) is 37.3 Å². The predicted octanol–water partition coefficient (Wildman–Crippen LogP) is 4.58. The minimum atomic E-state index is -0.423. The fraction of sp³-hybridized carbons (Fsp3) is 0.235. The first-order valence-electron chi connectivity index (χ1n) is 6.77. The van der Waals surface area contributed by atoms with Crippen molar-refractivity contribution in [3.05, 3.63) is 53.1 Å². The summed E-state index contributed by atoms with van der Waals surface area (Å²) in [6, 6.07) is 13.2. The molecular formula is C17H17ClO3. The van der Waals surface area contributed by atoms with Crippen molar-refractivity contribution in [2.45, 2.75) is 13.3 Å². The second-order valence-corrected chi connectivity index (χ2v) is 4.95. The average molecular weight is 305 g/mol. The molecule has 0 aliphatic carbocycles. The van der Waals surface area contributed by atoms with Crippen LogP contribution in [0.1, 0.15) is 23.7 Å². The number of ether oxygens (including phenoxy) is 2. The molecule has 110 valence electrons. The van der Waals surface area contributed by atoms with Gasteiger partial charge in [0, 0.05) is 0 Å². The van der Waals surface area contributed by atoms with Crippen LogP contribution in [-0.2, 0) is 4.74 Å². The Bertz CT molecular complexity index is 623. The Balaban J connectivity index is 2.47. The van der Waals surface area contributed by atoms with Crippen LogP contribution in [0.3, 0.4) is 0 Å². The van der Waals surface area contributed by atoms with Crippen molar-refractivity contribution in [3.8, 4) is 16.9 Å². The molecular weight excluding hydrogens is 288 g/mol. The van der Waals surface area contributed by atoms with Crippen molar-refractivity contribution in [1.82, 2.24) is 0 Å². The monoisotopic (exact) mass is 304 g/mol. The molecule has 0 spiro atoms. The number of benzene rings is 2. The molecule has 0 unspecified atom stereocenters. The third kappa shape index (κ3) is 3.56. The summed E-state index contributed by atoms with van der Waals surface area (Å²) in [5.41, 5.74) is 2.17. The van der Waals surface area contributed by atoms with Gasteiger partial charge >= 0.3 is 5.97 Å². The highest BCUT2D eigenvalue weighted by molar-refractivity contribution is 6.33. The fourth-order valence-corrected chi connectivity index (χ4v) is 2.32. The molecule has 3 nitrogen and oxygen atoms in total. The number of methoxy groups -OCH3 is 1. The number of hydrogen-bond donors (Lipinski definition) is 0. The summed E-state index contributed by atoms with van der Waals surface area (Å²) in [6.07, 6.45) is 0.764. The SMILES string of the molecule is CCCOC(=O)c1cc(-c2ccccc2)cc(Cl)c1OC. The quantitative estimate of drug-likeness (QED) is 0.758. The van der Waals surface area contributed by atoms with Crippen LogP contribution in [0.5, 0.6) is 5.75 Å². The highest BCUT2D eigenvalue weighted by Gasteiger charge is 2.18. The van der Waals surface area contributed by atoms with E-state index in [0.717, 1.165) is 17.5 Å². The van der Waals surface area contributed by atoms with Gasteiger partial charge in [-0.05, 0) is 29.7 Å². The van der Waals surface area contributed by atoms with Gasteiger partial charge in [-0.2, -0.15) is 0 Å². The van der Waals surface area contributed by atoms with E-state index in [0.29, 0.717) is 22.9 Å². The molecule has 2 aromatic rings. The second-order valence-electron chi connectivity index (χ2n) is 4.54. The predicted molar refractivity (Wildman–Crippen MR) is 84.0 cm³/mol. The summed E-state index contributed by atoms with van der Waals surface area (Å²) in [7, 11) is 1.49. The number of rotatable bonds is 5. The molecule has 0 aromatic heterocycles. The number of esters is 1. The molecule has 0 atom stereocenters. The highest BCUT2D eigenvalue weighted by Crippen LogP contribution is 2.34. The van der Waals surface area contributed by atoms with E-state index in [1.165, 1.54) is 7.11 Å². The van der Waals surface area contributed by atoms with Crippen LogP contribution in [0.2, 0.25) is 5.02 Å². The van der Waals surface area contributed by atoms with E-state index in [2.05, 4.69) is 0 Å². The molecule has 0 radical (unpaired) electrons.